The molecule has 0 fully saturated rings. The predicted octanol–water partition coefficient (Wildman–Crippen LogP) is 6.19. The molecule has 0 saturated heterocycles. The van der Waals surface area contributed by atoms with Gasteiger partial charge in [-0.15, -0.1) is 0 Å². The van der Waals surface area contributed by atoms with Gasteiger partial charge in [0.1, 0.15) is 0 Å². The Hall–Kier alpha value is -1.83. The molecular formula is C21H32O2. The molecule has 2 nitrogen and oxygen atoms in total. The summed E-state index contributed by atoms with van der Waals surface area (Å²) in [6.45, 7) is 9.75. The Morgan fingerprint density at radius 2 is 1.52 bits per heavy atom. The van der Waals surface area contributed by atoms with Crippen LogP contribution in [0, 0.1) is 0 Å². The molecule has 0 heterocycles. The van der Waals surface area contributed by atoms with Crippen molar-refractivity contribution in [1.82, 2.24) is 0 Å². The molecule has 0 aliphatic heterocycles. The highest BCUT2D eigenvalue weighted by atomic mass is 16.5. The zero-order chi connectivity index (χ0) is 17.2. The fourth-order valence-electron chi connectivity index (χ4n) is 2.06. The van der Waals surface area contributed by atoms with Crippen molar-refractivity contribution in [2.45, 2.75) is 58.3 Å². The second-order valence-corrected chi connectivity index (χ2v) is 5.46. The summed E-state index contributed by atoms with van der Waals surface area (Å²) in [6, 6.07) is 10.0. The van der Waals surface area contributed by atoms with Crippen LogP contribution in [-0.2, 0) is 9.53 Å². The number of benzene rings is 1. The van der Waals surface area contributed by atoms with Crippen LogP contribution < -0.4 is 0 Å². The maximum Gasteiger partial charge on any atom is 0.330 e. The average Bonchev–Trinajstić information content (AvgIpc) is 2.61. The van der Waals surface area contributed by atoms with Crippen molar-refractivity contribution in [2.75, 3.05) is 6.61 Å². The first-order chi connectivity index (χ1) is 11.2. The lowest BCUT2D eigenvalue weighted by Gasteiger charge is -2.02. The summed E-state index contributed by atoms with van der Waals surface area (Å²) in [4.78, 5) is 10.7. The van der Waals surface area contributed by atoms with E-state index in [0.717, 1.165) is 12.8 Å². The van der Waals surface area contributed by atoms with E-state index in [9.17, 15) is 4.79 Å². The van der Waals surface area contributed by atoms with Gasteiger partial charge in [0.2, 0.25) is 0 Å². The molecule has 0 amide bonds. The number of esters is 1. The first-order valence-electron chi connectivity index (χ1n) is 8.71. The van der Waals surface area contributed by atoms with Gasteiger partial charge in [0.05, 0.1) is 6.61 Å². The minimum absolute atomic E-state index is 0.307. The van der Waals surface area contributed by atoms with Crippen molar-refractivity contribution in [1.29, 1.82) is 0 Å². The maximum atomic E-state index is 10.7. The van der Waals surface area contributed by atoms with E-state index >= 15 is 0 Å². The Morgan fingerprint density at radius 1 is 0.957 bits per heavy atom. The minimum Gasteiger partial charge on any atom is -0.463 e. The molecule has 0 saturated carbocycles. The van der Waals surface area contributed by atoms with Crippen LogP contribution in [0.25, 0.3) is 6.08 Å². The molecule has 1 aromatic carbocycles. The highest BCUT2D eigenvalue weighted by Crippen LogP contribution is 2.08. The lowest BCUT2D eigenvalue weighted by Crippen LogP contribution is -2.01. The van der Waals surface area contributed by atoms with E-state index in [1.807, 2.05) is 36.4 Å². The minimum atomic E-state index is -0.307. The fraction of sp³-hybridized carbons (Fsp3) is 0.476. The molecule has 0 aromatic heterocycles. The van der Waals surface area contributed by atoms with Gasteiger partial charge in [-0.05, 0) is 12.0 Å². The standard InChI is InChI=1S/C13H24O2.C8H8/c1-3-5-6-7-8-9-10-11-12-15-13(14)4-2;1-2-8-6-4-3-5-7-8/h4H,2-3,5-12H2,1H3;2-7H,1H2. The molecule has 23 heavy (non-hydrogen) atoms. The van der Waals surface area contributed by atoms with Crippen LogP contribution in [0.2, 0.25) is 0 Å². The van der Waals surface area contributed by atoms with Crippen LogP contribution in [0.4, 0.5) is 0 Å². The molecule has 0 bridgehead atoms. The molecule has 128 valence electrons. The van der Waals surface area contributed by atoms with Crippen LogP contribution in [0.15, 0.2) is 49.6 Å². The summed E-state index contributed by atoms with van der Waals surface area (Å²) in [7, 11) is 0. The molecule has 0 atom stereocenters. The Kier molecular flexibility index (Phi) is 15.2. The molecule has 1 aromatic rings. The van der Waals surface area contributed by atoms with Gasteiger partial charge in [0, 0.05) is 6.08 Å². The molecule has 0 aliphatic rings. The molecule has 0 spiro atoms. The van der Waals surface area contributed by atoms with Crippen molar-refractivity contribution in [3.05, 3.63) is 55.1 Å². The van der Waals surface area contributed by atoms with Crippen LogP contribution in [0.5, 0.6) is 0 Å². The van der Waals surface area contributed by atoms with Crippen molar-refractivity contribution in [3.8, 4) is 0 Å². The lowest BCUT2D eigenvalue weighted by atomic mass is 10.1. The van der Waals surface area contributed by atoms with Gasteiger partial charge in [-0.1, -0.05) is 101 Å². The van der Waals surface area contributed by atoms with Gasteiger partial charge < -0.3 is 4.74 Å². The van der Waals surface area contributed by atoms with Gasteiger partial charge in [-0.3, -0.25) is 0 Å². The number of carbonyl (C=O) groups excluding carboxylic acids is 1. The third kappa shape index (κ3) is 14.9. The predicted molar refractivity (Wildman–Crippen MR) is 100 cm³/mol. The molecule has 0 aliphatic carbocycles. The number of rotatable bonds is 11. The number of unbranched alkanes of at least 4 members (excludes halogenated alkanes) is 7. The molecule has 0 N–H and O–H groups in total. The highest BCUT2D eigenvalue weighted by molar-refractivity contribution is 5.81. The van der Waals surface area contributed by atoms with E-state index in [1.54, 1.807) is 0 Å². The van der Waals surface area contributed by atoms with Crippen molar-refractivity contribution >= 4 is 12.0 Å². The summed E-state index contributed by atoms with van der Waals surface area (Å²) < 4.78 is 4.88. The van der Waals surface area contributed by atoms with Crippen LogP contribution in [0.1, 0.15) is 63.9 Å². The van der Waals surface area contributed by atoms with Crippen LogP contribution in [0.3, 0.4) is 0 Å². The van der Waals surface area contributed by atoms with E-state index in [-0.39, 0.29) is 5.97 Å². The molecule has 2 heteroatoms. The number of ether oxygens (including phenoxy) is 1. The lowest BCUT2D eigenvalue weighted by molar-refractivity contribution is -0.137. The van der Waals surface area contributed by atoms with Crippen molar-refractivity contribution in [3.63, 3.8) is 0 Å². The summed E-state index contributed by atoms with van der Waals surface area (Å²) in [5, 5.41) is 0. The van der Waals surface area contributed by atoms with Crippen molar-refractivity contribution < 1.29 is 9.53 Å². The summed E-state index contributed by atoms with van der Waals surface area (Å²) >= 11 is 0. The second-order valence-electron chi connectivity index (χ2n) is 5.46. The van der Waals surface area contributed by atoms with E-state index in [2.05, 4.69) is 20.1 Å². The summed E-state index contributed by atoms with van der Waals surface area (Å²) in [5.41, 5.74) is 1.17. The van der Waals surface area contributed by atoms with E-state index < -0.39 is 0 Å². The van der Waals surface area contributed by atoms with Gasteiger partial charge in [0.25, 0.3) is 0 Å². The van der Waals surface area contributed by atoms with E-state index in [0.29, 0.717) is 6.61 Å². The normalized spacial score (nSPS) is 9.43. The zero-order valence-electron chi connectivity index (χ0n) is 14.6. The first kappa shape index (κ1) is 21.2. The third-order valence-electron chi connectivity index (χ3n) is 3.44. The fourth-order valence-corrected chi connectivity index (χ4v) is 2.06. The monoisotopic (exact) mass is 316 g/mol. The van der Waals surface area contributed by atoms with Crippen LogP contribution >= 0.6 is 0 Å². The van der Waals surface area contributed by atoms with E-state index in [1.165, 1.54) is 50.2 Å². The average molecular weight is 316 g/mol. The number of hydrogen-bond acceptors (Lipinski definition) is 2. The Labute approximate surface area is 142 Å². The van der Waals surface area contributed by atoms with Crippen LogP contribution in [-0.4, -0.2) is 12.6 Å². The zero-order valence-corrected chi connectivity index (χ0v) is 14.6. The molecule has 1 rings (SSSR count). The summed E-state index contributed by atoms with van der Waals surface area (Å²) in [6.07, 6.45) is 13.1. The molecule has 0 unspecified atom stereocenters. The largest absolute Gasteiger partial charge is 0.463 e. The second kappa shape index (κ2) is 16.5. The smallest absolute Gasteiger partial charge is 0.330 e. The highest BCUT2D eigenvalue weighted by Gasteiger charge is 1.95. The molecule has 0 radical (unpaired) electrons. The SMILES string of the molecule is C=CC(=O)OCCCCCCCCCC.C=Cc1ccccc1. The van der Waals surface area contributed by atoms with Crippen molar-refractivity contribution in [2.24, 2.45) is 0 Å². The Balaban J connectivity index is 0.000000502. The van der Waals surface area contributed by atoms with Gasteiger partial charge in [-0.2, -0.15) is 0 Å². The van der Waals surface area contributed by atoms with Gasteiger partial charge in [0.15, 0.2) is 0 Å². The Bertz CT molecular complexity index is 409. The van der Waals surface area contributed by atoms with E-state index in [4.69, 9.17) is 4.74 Å². The first-order valence-corrected chi connectivity index (χ1v) is 8.71. The topological polar surface area (TPSA) is 26.3 Å². The summed E-state index contributed by atoms with van der Waals surface area (Å²) in [5.74, 6) is -0.307. The maximum absolute atomic E-state index is 10.7. The van der Waals surface area contributed by atoms with Gasteiger partial charge >= 0.3 is 5.97 Å². The van der Waals surface area contributed by atoms with Gasteiger partial charge in [-0.25, -0.2) is 4.79 Å². The third-order valence-corrected chi connectivity index (χ3v) is 3.44. The quantitative estimate of drug-likeness (QED) is 0.276. The Morgan fingerprint density at radius 3 is 2.00 bits per heavy atom. The molecular weight excluding hydrogens is 284 g/mol. The number of hydrogen-bond donors (Lipinski definition) is 0. The number of carbonyl (C=O) groups is 1.